The molecule has 172 valence electrons. The number of methoxy groups -OCH3 is 1. The van der Waals surface area contributed by atoms with E-state index in [9.17, 15) is 8.42 Å². The maximum Gasteiger partial charge on any atom is 0.243 e. The summed E-state index contributed by atoms with van der Waals surface area (Å²) in [7, 11) is -0.440. The van der Waals surface area contributed by atoms with Gasteiger partial charge in [-0.2, -0.15) is 13.9 Å². The van der Waals surface area contributed by atoms with Gasteiger partial charge in [0, 0.05) is 23.9 Å². The second-order valence-corrected chi connectivity index (χ2v) is 10.6. The first-order valence-corrected chi connectivity index (χ1v) is 12.6. The molecule has 9 heteroatoms. The van der Waals surface area contributed by atoms with Crippen molar-refractivity contribution in [3.05, 3.63) is 48.2 Å². The number of benzene rings is 2. The molecular formula is C24H27N5O3S. The first kappa shape index (κ1) is 21.8. The van der Waals surface area contributed by atoms with E-state index in [1.165, 1.54) is 4.31 Å². The molecule has 1 aliphatic rings. The average Bonchev–Trinajstić information content (AvgIpc) is 3.27. The van der Waals surface area contributed by atoms with E-state index in [1.54, 1.807) is 36.9 Å². The molecule has 0 N–H and O–H groups in total. The van der Waals surface area contributed by atoms with Crippen LogP contribution in [0.5, 0.6) is 5.75 Å². The molecule has 0 saturated heterocycles. The van der Waals surface area contributed by atoms with Gasteiger partial charge < -0.3 is 4.74 Å². The van der Waals surface area contributed by atoms with Crippen LogP contribution in [0.3, 0.4) is 0 Å². The van der Waals surface area contributed by atoms with Gasteiger partial charge in [-0.15, -0.1) is 10.2 Å². The van der Waals surface area contributed by atoms with E-state index in [-0.39, 0.29) is 10.9 Å². The van der Waals surface area contributed by atoms with Crippen LogP contribution in [-0.2, 0) is 10.0 Å². The highest BCUT2D eigenvalue weighted by Gasteiger charge is 2.30. The summed E-state index contributed by atoms with van der Waals surface area (Å²) in [6.45, 7) is 1.93. The molecular weight excluding hydrogens is 438 g/mol. The number of nitrogens with zero attached hydrogens (tertiary/aromatic N) is 5. The van der Waals surface area contributed by atoms with Crippen LogP contribution in [0.25, 0.3) is 27.8 Å². The Morgan fingerprint density at radius 2 is 1.76 bits per heavy atom. The van der Waals surface area contributed by atoms with Gasteiger partial charge in [0.25, 0.3) is 0 Å². The highest BCUT2D eigenvalue weighted by atomic mass is 32.2. The Morgan fingerprint density at radius 3 is 2.48 bits per heavy atom. The summed E-state index contributed by atoms with van der Waals surface area (Å²) in [4.78, 5) is 0.209. The number of sulfonamides is 1. The monoisotopic (exact) mass is 465 g/mol. The highest BCUT2D eigenvalue weighted by molar-refractivity contribution is 7.89. The van der Waals surface area contributed by atoms with Gasteiger partial charge in [-0.05, 0) is 38.0 Å². The van der Waals surface area contributed by atoms with Crippen LogP contribution in [-0.4, -0.2) is 52.7 Å². The van der Waals surface area contributed by atoms with Crippen molar-refractivity contribution in [3.63, 3.8) is 0 Å². The third-order valence-corrected chi connectivity index (χ3v) is 8.53. The summed E-state index contributed by atoms with van der Waals surface area (Å²) in [5.41, 5.74) is 1.98. The van der Waals surface area contributed by atoms with Gasteiger partial charge in [-0.1, -0.05) is 43.5 Å². The predicted octanol–water partition coefficient (Wildman–Crippen LogP) is 4.21. The smallest absolute Gasteiger partial charge is 0.243 e. The largest absolute Gasteiger partial charge is 0.496 e. The summed E-state index contributed by atoms with van der Waals surface area (Å²) in [5.74, 6) is 0.948. The topological polar surface area (TPSA) is 89.7 Å². The fourth-order valence-electron chi connectivity index (χ4n) is 4.74. The first-order valence-electron chi connectivity index (χ1n) is 11.2. The quantitative estimate of drug-likeness (QED) is 0.439. The maximum absolute atomic E-state index is 13.5. The number of hydrogen-bond donors (Lipinski definition) is 0. The molecule has 2 aromatic carbocycles. The van der Waals surface area contributed by atoms with Crippen molar-refractivity contribution in [2.75, 3.05) is 14.2 Å². The molecule has 4 aromatic rings. The van der Waals surface area contributed by atoms with E-state index in [0.29, 0.717) is 22.8 Å². The van der Waals surface area contributed by atoms with Crippen LogP contribution >= 0.6 is 0 Å². The molecule has 0 radical (unpaired) electrons. The van der Waals surface area contributed by atoms with Gasteiger partial charge in [0.1, 0.15) is 5.75 Å². The number of aryl methyl sites for hydroxylation is 1. The summed E-state index contributed by atoms with van der Waals surface area (Å²) < 4.78 is 35.7. The number of aromatic nitrogens is 4. The van der Waals surface area contributed by atoms with Crippen LogP contribution < -0.4 is 4.74 Å². The van der Waals surface area contributed by atoms with E-state index < -0.39 is 10.0 Å². The zero-order chi connectivity index (χ0) is 23.2. The van der Waals surface area contributed by atoms with Crippen LogP contribution in [0.4, 0.5) is 0 Å². The number of hydrogen-bond acceptors (Lipinski definition) is 6. The normalized spacial score (nSPS) is 15.5. The molecule has 0 amide bonds. The summed E-state index contributed by atoms with van der Waals surface area (Å²) >= 11 is 0. The van der Waals surface area contributed by atoms with E-state index >= 15 is 0 Å². The minimum absolute atomic E-state index is 0.0268. The van der Waals surface area contributed by atoms with Gasteiger partial charge in [0.2, 0.25) is 10.0 Å². The van der Waals surface area contributed by atoms with Gasteiger partial charge >= 0.3 is 0 Å². The molecule has 33 heavy (non-hydrogen) atoms. The van der Waals surface area contributed by atoms with Crippen LogP contribution in [0.1, 0.15) is 37.8 Å². The van der Waals surface area contributed by atoms with Crippen molar-refractivity contribution >= 4 is 26.4 Å². The molecule has 1 aliphatic carbocycles. The van der Waals surface area contributed by atoms with Crippen molar-refractivity contribution in [1.82, 2.24) is 24.1 Å². The van der Waals surface area contributed by atoms with Gasteiger partial charge in [-0.3, -0.25) is 0 Å². The second kappa shape index (κ2) is 8.39. The number of fused-ring (bicyclic) bond motifs is 3. The highest BCUT2D eigenvalue weighted by Crippen LogP contribution is 2.34. The third-order valence-electron chi connectivity index (χ3n) is 6.63. The maximum atomic E-state index is 13.5. The first-order chi connectivity index (χ1) is 15.9. The average molecular weight is 466 g/mol. The fourth-order valence-corrected chi connectivity index (χ4v) is 6.18. The predicted molar refractivity (Wildman–Crippen MR) is 127 cm³/mol. The van der Waals surface area contributed by atoms with Crippen molar-refractivity contribution in [2.45, 2.75) is 50.0 Å². The Morgan fingerprint density at radius 1 is 1.03 bits per heavy atom. The molecule has 2 aromatic heterocycles. The lowest BCUT2D eigenvalue weighted by Crippen LogP contribution is -2.38. The Labute approximate surface area is 193 Å². The molecule has 0 atom stereocenters. The Kier molecular flexibility index (Phi) is 5.54. The Balaban J connectivity index is 1.65. The minimum Gasteiger partial charge on any atom is -0.496 e. The van der Waals surface area contributed by atoms with E-state index in [1.807, 2.05) is 31.2 Å². The van der Waals surface area contributed by atoms with Gasteiger partial charge in [0.05, 0.1) is 23.3 Å². The summed E-state index contributed by atoms with van der Waals surface area (Å²) in [5, 5.41) is 15.4. The fraction of sp³-hybridized carbons (Fsp3) is 0.375. The van der Waals surface area contributed by atoms with Crippen LogP contribution in [0.15, 0.2) is 47.4 Å². The Bertz CT molecular complexity index is 1440. The molecule has 0 unspecified atom stereocenters. The van der Waals surface area contributed by atoms with Crippen molar-refractivity contribution < 1.29 is 13.2 Å². The summed E-state index contributed by atoms with van der Waals surface area (Å²) in [6, 6.07) is 12.8. The molecule has 2 heterocycles. The SMILES string of the molecule is COc1ccc(S(=O)(=O)N(C)C2CCCCC2)cc1-c1nnc2c3ccccc3c(C)nn12. The van der Waals surface area contributed by atoms with E-state index in [4.69, 9.17) is 9.84 Å². The van der Waals surface area contributed by atoms with E-state index in [0.717, 1.165) is 48.6 Å². The lowest BCUT2D eigenvalue weighted by Gasteiger charge is -2.30. The van der Waals surface area contributed by atoms with Crippen LogP contribution in [0, 0.1) is 6.92 Å². The molecule has 5 rings (SSSR count). The summed E-state index contributed by atoms with van der Waals surface area (Å²) in [6.07, 6.45) is 5.07. The number of ether oxygens (including phenoxy) is 1. The molecule has 1 fully saturated rings. The minimum atomic E-state index is -3.67. The lowest BCUT2D eigenvalue weighted by atomic mass is 9.96. The zero-order valence-electron chi connectivity index (χ0n) is 19.0. The molecule has 0 bridgehead atoms. The van der Waals surface area contributed by atoms with Gasteiger partial charge in [-0.25, -0.2) is 8.42 Å². The molecule has 0 aliphatic heterocycles. The van der Waals surface area contributed by atoms with Crippen molar-refractivity contribution in [1.29, 1.82) is 0 Å². The lowest BCUT2D eigenvalue weighted by molar-refractivity contribution is 0.286. The number of rotatable bonds is 5. The zero-order valence-corrected chi connectivity index (χ0v) is 19.8. The Hall–Kier alpha value is -3.04. The molecule has 8 nitrogen and oxygen atoms in total. The second-order valence-electron chi connectivity index (χ2n) is 8.57. The van der Waals surface area contributed by atoms with Crippen molar-refractivity contribution in [3.8, 4) is 17.1 Å². The van der Waals surface area contributed by atoms with Crippen molar-refractivity contribution in [2.24, 2.45) is 0 Å². The molecule has 0 spiro atoms. The standard InChI is InChI=1S/C24H27N5O3S/c1-16-19-11-7-8-12-20(19)23-25-26-24(29(23)27-16)21-15-18(13-14-22(21)32-3)33(30,31)28(2)17-9-5-4-6-10-17/h7-8,11-15,17H,4-6,9-10H2,1-3H3. The van der Waals surface area contributed by atoms with E-state index in [2.05, 4.69) is 10.2 Å². The van der Waals surface area contributed by atoms with Gasteiger partial charge in [0.15, 0.2) is 11.5 Å². The third kappa shape index (κ3) is 3.65. The van der Waals surface area contributed by atoms with Crippen LogP contribution in [0.2, 0.25) is 0 Å². The molecule has 1 saturated carbocycles.